The van der Waals surface area contributed by atoms with Gasteiger partial charge in [0.25, 0.3) is 5.89 Å². The molecule has 1 heterocycles. The number of aromatic nitrogens is 2. The van der Waals surface area contributed by atoms with Gasteiger partial charge in [-0.15, -0.1) is 0 Å². The van der Waals surface area contributed by atoms with Gasteiger partial charge in [0.15, 0.2) is 0 Å². The van der Waals surface area contributed by atoms with Gasteiger partial charge in [-0.3, -0.25) is 4.79 Å². The predicted octanol–water partition coefficient (Wildman–Crippen LogP) is 5.09. The van der Waals surface area contributed by atoms with E-state index in [1.807, 2.05) is 48.5 Å². The maximum Gasteiger partial charge on any atom is 0.304 e. The molecule has 7 nitrogen and oxygen atoms in total. The summed E-state index contributed by atoms with van der Waals surface area (Å²) in [5.74, 6) is 0.148. The standard InChI is InChI=1S/C27H27N3O4/c1-18-5-3-4-6-23(18)24-12-11-21(15-22(24)17-33-2)27-29-26(30-34-27)20-9-7-19(8-10-20)16-28-14-13-25(31)32/h3-12,15,28H,13-14,16-17H2,1-2H3,(H,31,32). The third-order valence-electron chi connectivity index (χ3n) is 5.57. The van der Waals surface area contributed by atoms with Crippen molar-refractivity contribution in [3.05, 3.63) is 83.4 Å². The number of ether oxygens (including phenoxy) is 1. The van der Waals surface area contributed by atoms with Gasteiger partial charge < -0.3 is 19.7 Å². The number of carboxylic acids is 1. The molecule has 0 amide bonds. The molecule has 4 aromatic rings. The van der Waals surface area contributed by atoms with Gasteiger partial charge in [-0.1, -0.05) is 59.8 Å². The summed E-state index contributed by atoms with van der Waals surface area (Å²) in [5.41, 5.74) is 7.28. The molecule has 0 saturated heterocycles. The van der Waals surface area contributed by atoms with Crippen molar-refractivity contribution in [1.82, 2.24) is 15.5 Å². The minimum Gasteiger partial charge on any atom is -0.481 e. The molecule has 2 N–H and O–H groups in total. The summed E-state index contributed by atoms with van der Waals surface area (Å²) in [6, 6.07) is 22.2. The van der Waals surface area contributed by atoms with Crippen molar-refractivity contribution in [2.75, 3.05) is 13.7 Å². The number of methoxy groups -OCH3 is 1. The summed E-state index contributed by atoms with van der Waals surface area (Å²) in [6.07, 6.45) is 0.0990. The van der Waals surface area contributed by atoms with Crippen LogP contribution in [0, 0.1) is 6.92 Å². The SMILES string of the molecule is COCc1cc(-c2nc(-c3ccc(CNCCC(=O)O)cc3)no2)ccc1-c1ccccc1C. The van der Waals surface area contributed by atoms with E-state index >= 15 is 0 Å². The Morgan fingerprint density at radius 3 is 2.53 bits per heavy atom. The van der Waals surface area contributed by atoms with Gasteiger partial charge in [-0.05, 0) is 46.9 Å². The van der Waals surface area contributed by atoms with E-state index in [9.17, 15) is 4.79 Å². The third kappa shape index (κ3) is 5.57. The van der Waals surface area contributed by atoms with E-state index in [1.165, 1.54) is 11.1 Å². The van der Waals surface area contributed by atoms with Crippen LogP contribution < -0.4 is 5.32 Å². The molecular formula is C27H27N3O4. The monoisotopic (exact) mass is 457 g/mol. The summed E-state index contributed by atoms with van der Waals surface area (Å²) < 4.78 is 11.0. The van der Waals surface area contributed by atoms with Crippen LogP contribution in [-0.4, -0.2) is 34.9 Å². The molecule has 174 valence electrons. The second kappa shape index (κ2) is 10.9. The van der Waals surface area contributed by atoms with Crippen LogP contribution in [0.5, 0.6) is 0 Å². The van der Waals surface area contributed by atoms with Gasteiger partial charge in [-0.25, -0.2) is 0 Å². The zero-order valence-corrected chi connectivity index (χ0v) is 19.2. The van der Waals surface area contributed by atoms with Gasteiger partial charge in [0.1, 0.15) is 0 Å². The highest BCUT2D eigenvalue weighted by atomic mass is 16.5. The van der Waals surface area contributed by atoms with E-state index in [1.54, 1.807) is 7.11 Å². The van der Waals surface area contributed by atoms with Gasteiger partial charge >= 0.3 is 5.97 Å². The van der Waals surface area contributed by atoms with Crippen molar-refractivity contribution in [3.63, 3.8) is 0 Å². The van der Waals surface area contributed by atoms with Gasteiger partial charge in [0.2, 0.25) is 5.82 Å². The quantitative estimate of drug-likeness (QED) is 0.320. The topological polar surface area (TPSA) is 97.5 Å². The average Bonchev–Trinajstić information content (AvgIpc) is 3.33. The highest BCUT2D eigenvalue weighted by Gasteiger charge is 2.14. The Hall–Kier alpha value is -3.81. The second-order valence-corrected chi connectivity index (χ2v) is 8.06. The number of nitrogens with zero attached hydrogens (tertiary/aromatic N) is 2. The lowest BCUT2D eigenvalue weighted by Crippen LogP contribution is -2.17. The molecule has 1 aromatic heterocycles. The van der Waals surface area contributed by atoms with Crippen molar-refractivity contribution in [1.29, 1.82) is 0 Å². The Kier molecular flexibility index (Phi) is 7.47. The van der Waals surface area contributed by atoms with Crippen LogP contribution >= 0.6 is 0 Å². The fourth-order valence-corrected chi connectivity index (χ4v) is 3.80. The largest absolute Gasteiger partial charge is 0.481 e. The number of aliphatic carboxylic acids is 1. The van der Waals surface area contributed by atoms with E-state index in [0.717, 1.165) is 27.8 Å². The Bertz CT molecular complexity index is 1270. The number of aryl methyl sites for hydroxylation is 1. The van der Waals surface area contributed by atoms with Gasteiger partial charge in [0, 0.05) is 31.3 Å². The fraction of sp³-hybridized carbons (Fsp3) is 0.222. The molecule has 0 aliphatic heterocycles. The van der Waals surface area contributed by atoms with E-state index in [2.05, 4.69) is 40.6 Å². The van der Waals surface area contributed by atoms with Crippen LogP contribution in [0.15, 0.2) is 71.3 Å². The molecule has 0 fully saturated rings. The maximum absolute atomic E-state index is 10.6. The van der Waals surface area contributed by atoms with Crippen molar-refractivity contribution < 1.29 is 19.2 Å². The van der Waals surface area contributed by atoms with E-state index in [0.29, 0.717) is 31.4 Å². The molecule has 0 bridgehead atoms. The summed E-state index contributed by atoms with van der Waals surface area (Å²) in [4.78, 5) is 15.2. The van der Waals surface area contributed by atoms with Crippen LogP contribution in [0.1, 0.15) is 23.1 Å². The number of rotatable bonds is 10. The zero-order chi connectivity index (χ0) is 23.9. The Morgan fingerprint density at radius 1 is 1.03 bits per heavy atom. The molecule has 0 atom stereocenters. The summed E-state index contributed by atoms with van der Waals surface area (Å²) in [5, 5.41) is 16.0. The number of hydrogen-bond donors (Lipinski definition) is 2. The molecule has 0 unspecified atom stereocenters. The Morgan fingerprint density at radius 2 is 1.79 bits per heavy atom. The average molecular weight is 458 g/mol. The highest BCUT2D eigenvalue weighted by Crippen LogP contribution is 2.31. The van der Waals surface area contributed by atoms with Crippen LogP contribution in [0.3, 0.4) is 0 Å². The zero-order valence-electron chi connectivity index (χ0n) is 19.2. The highest BCUT2D eigenvalue weighted by molar-refractivity contribution is 5.74. The number of benzene rings is 3. The van der Waals surface area contributed by atoms with E-state index < -0.39 is 5.97 Å². The van der Waals surface area contributed by atoms with Crippen LogP contribution in [0.4, 0.5) is 0 Å². The Balaban J connectivity index is 1.52. The minimum absolute atomic E-state index is 0.0990. The second-order valence-electron chi connectivity index (χ2n) is 8.06. The lowest BCUT2D eigenvalue weighted by Gasteiger charge is -2.12. The van der Waals surface area contributed by atoms with Crippen molar-refractivity contribution in [2.24, 2.45) is 0 Å². The third-order valence-corrected chi connectivity index (χ3v) is 5.57. The summed E-state index contributed by atoms with van der Waals surface area (Å²) >= 11 is 0. The van der Waals surface area contributed by atoms with E-state index in [-0.39, 0.29) is 6.42 Å². The normalized spacial score (nSPS) is 11.0. The first-order chi connectivity index (χ1) is 16.5. The number of nitrogens with one attached hydrogen (secondary N) is 1. The molecule has 0 saturated carbocycles. The summed E-state index contributed by atoms with van der Waals surface area (Å²) in [6.45, 7) is 3.60. The van der Waals surface area contributed by atoms with Crippen molar-refractivity contribution in [2.45, 2.75) is 26.5 Å². The van der Waals surface area contributed by atoms with Crippen molar-refractivity contribution in [3.8, 4) is 34.0 Å². The predicted molar refractivity (Wildman–Crippen MR) is 130 cm³/mol. The molecule has 0 radical (unpaired) electrons. The Labute approximate surface area is 198 Å². The van der Waals surface area contributed by atoms with Crippen LogP contribution in [0.2, 0.25) is 0 Å². The first-order valence-electron chi connectivity index (χ1n) is 11.1. The molecule has 0 aliphatic rings. The molecular weight excluding hydrogens is 430 g/mol. The molecule has 7 heteroatoms. The molecule has 3 aromatic carbocycles. The minimum atomic E-state index is -0.810. The molecule has 34 heavy (non-hydrogen) atoms. The lowest BCUT2D eigenvalue weighted by atomic mass is 9.94. The first-order valence-corrected chi connectivity index (χ1v) is 11.1. The molecule has 4 rings (SSSR count). The maximum atomic E-state index is 10.6. The number of carboxylic acid groups (broad SMARTS) is 1. The van der Waals surface area contributed by atoms with Crippen LogP contribution in [0.25, 0.3) is 34.0 Å². The molecule has 0 spiro atoms. The van der Waals surface area contributed by atoms with Gasteiger partial charge in [0.05, 0.1) is 13.0 Å². The van der Waals surface area contributed by atoms with Crippen molar-refractivity contribution >= 4 is 5.97 Å². The number of hydrogen-bond acceptors (Lipinski definition) is 6. The van der Waals surface area contributed by atoms with Gasteiger partial charge in [-0.2, -0.15) is 4.98 Å². The molecule has 0 aliphatic carbocycles. The smallest absolute Gasteiger partial charge is 0.304 e. The first kappa shape index (κ1) is 23.4. The van der Waals surface area contributed by atoms with Crippen LogP contribution in [-0.2, 0) is 22.7 Å². The fourth-order valence-electron chi connectivity index (χ4n) is 3.80. The van der Waals surface area contributed by atoms with E-state index in [4.69, 9.17) is 14.4 Å². The number of carbonyl (C=O) groups is 1. The lowest BCUT2D eigenvalue weighted by molar-refractivity contribution is -0.136. The summed E-state index contributed by atoms with van der Waals surface area (Å²) in [7, 11) is 1.68.